The summed E-state index contributed by atoms with van der Waals surface area (Å²) < 4.78 is 2.16. The Balaban J connectivity index is 2.42. The van der Waals surface area contributed by atoms with Crippen molar-refractivity contribution in [3.63, 3.8) is 0 Å². The second-order valence-corrected chi connectivity index (χ2v) is 4.88. The molecular weight excluding hydrogens is 297 g/mol. The van der Waals surface area contributed by atoms with E-state index in [4.69, 9.17) is 0 Å². The summed E-state index contributed by atoms with van der Waals surface area (Å²) in [5.74, 6) is 6.40. The number of hydrogen-bond donors (Lipinski definition) is 0. The Labute approximate surface area is 106 Å². The monoisotopic (exact) mass is 314 g/mol. The van der Waals surface area contributed by atoms with Gasteiger partial charge in [0.1, 0.15) is 4.55 Å². The first kappa shape index (κ1) is 12.5. The Kier molecular flexibility index (Phi) is 5.13. The second kappa shape index (κ2) is 6.14. The summed E-state index contributed by atoms with van der Waals surface area (Å²) >= 11 is 2.42. The molecule has 15 heavy (non-hydrogen) atoms. The van der Waals surface area contributed by atoms with Crippen molar-refractivity contribution in [1.82, 2.24) is 0 Å². The molecule has 0 atom stereocenters. The highest BCUT2D eigenvalue weighted by Crippen LogP contribution is 2.02. The number of nitrogens with zero attached hydrogens (tertiary/aromatic N) is 1. The minimum Gasteiger partial charge on any atom is -0.320 e. The van der Waals surface area contributed by atoms with E-state index in [2.05, 4.69) is 48.5 Å². The van der Waals surface area contributed by atoms with Crippen LogP contribution < -0.4 is 0 Å². The van der Waals surface area contributed by atoms with Crippen LogP contribution in [-0.4, -0.2) is 29.7 Å². The van der Waals surface area contributed by atoms with Crippen LogP contribution in [0.3, 0.4) is 0 Å². The summed E-state index contributed by atoms with van der Waals surface area (Å²) in [5, 5.41) is 0. The zero-order valence-corrected chi connectivity index (χ0v) is 11.5. The van der Waals surface area contributed by atoms with Gasteiger partial charge in [-0.25, -0.2) is 0 Å². The summed E-state index contributed by atoms with van der Waals surface area (Å²) in [5.41, 5.74) is 1.11. The summed E-state index contributed by atoms with van der Waals surface area (Å²) in [6.45, 7) is 1.11. The number of halogens is 1. The molecular formula is C13H17IN+. The SMILES string of the molecule is C[N+](C)(CI)CCC#Cc1ccccc1. The second-order valence-electron chi connectivity index (χ2n) is 4.20. The third-order valence-electron chi connectivity index (χ3n) is 2.17. The van der Waals surface area contributed by atoms with Crippen LogP contribution in [0.5, 0.6) is 0 Å². The number of rotatable bonds is 3. The Morgan fingerprint density at radius 3 is 2.47 bits per heavy atom. The maximum Gasteiger partial charge on any atom is 0.129 e. The van der Waals surface area contributed by atoms with Gasteiger partial charge in [-0.3, -0.25) is 0 Å². The molecule has 0 N–H and O–H groups in total. The summed E-state index contributed by atoms with van der Waals surface area (Å²) in [4.78, 5) is 0. The summed E-state index contributed by atoms with van der Waals surface area (Å²) in [6, 6.07) is 10.2. The molecule has 1 rings (SSSR count). The molecule has 0 spiro atoms. The molecule has 0 aliphatic carbocycles. The number of alkyl halides is 1. The lowest BCUT2D eigenvalue weighted by atomic mass is 10.2. The van der Waals surface area contributed by atoms with Crippen LogP contribution in [0, 0.1) is 11.8 Å². The van der Waals surface area contributed by atoms with Crippen molar-refractivity contribution in [3.8, 4) is 11.8 Å². The predicted molar refractivity (Wildman–Crippen MR) is 73.8 cm³/mol. The highest BCUT2D eigenvalue weighted by Gasteiger charge is 2.09. The van der Waals surface area contributed by atoms with Crippen LogP contribution in [0.25, 0.3) is 0 Å². The van der Waals surface area contributed by atoms with Gasteiger partial charge in [-0.2, -0.15) is 0 Å². The minimum atomic E-state index is 0.963. The molecule has 1 nitrogen and oxygen atoms in total. The first-order chi connectivity index (χ1) is 7.14. The minimum absolute atomic E-state index is 0.963. The van der Waals surface area contributed by atoms with E-state index < -0.39 is 0 Å². The van der Waals surface area contributed by atoms with E-state index >= 15 is 0 Å². The quantitative estimate of drug-likeness (QED) is 0.265. The van der Waals surface area contributed by atoms with Crippen LogP contribution in [0.2, 0.25) is 0 Å². The average molecular weight is 314 g/mol. The Hall–Kier alpha value is -0.530. The van der Waals surface area contributed by atoms with E-state index in [1.807, 2.05) is 30.3 Å². The predicted octanol–water partition coefficient (Wildman–Crippen LogP) is 2.90. The van der Waals surface area contributed by atoms with Crippen molar-refractivity contribution < 1.29 is 4.48 Å². The largest absolute Gasteiger partial charge is 0.320 e. The average Bonchev–Trinajstić information content (AvgIpc) is 2.26. The van der Waals surface area contributed by atoms with Gasteiger partial charge in [0.2, 0.25) is 0 Å². The van der Waals surface area contributed by atoms with E-state index in [1.165, 1.54) is 0 Å². The fraction of sp³-hybridized carbons (Fsp3) is 0.385. The van der Waals surface area contributed by atoms with E-state index in [9.17, 15) is 0 Å². The summed E-state index contributed by atoms with van der Waals surface area (Å²) in [7, 11) is 4.47. The van der Waals surface area contributed by atoms with Gasteiger partial charge >= 0.3 is 0 Å². The Bertz CT molecular complexity index is 346. The normalized spacial score (nSPS) is 10.6. The van der Waals surface area contributed by atoms with Gasteiger partial charge in [0.25, 0.3) is 0 Å². The molecule has 0 aromatic heterocycles. The summed E-state index contributed by atoms with van der Waals surface area (Å²) in [6.07, 6.45) is 0.963. The first-order valence-corrected chi connectivity index (χ1v) is 6.58. The maximum atomic E-state index is 3.22. The Morgan fingerprint density at radius 1 is 1.20 bits per heavy atom. The molecule has 0 saturated carbocycles. The van der Waals surface area contributed by atoms with E-state index in [1.54, 1.807) is 0 Å². The molecule has 0 aliphatic rings. The molecule has 0 radical (unpaired) electrons. The van der Waals surface area contributed by atoms with Crippen molar-refractivity contribution in [3.05, 3.63) is 35.9 Å². The molecule has 0 saturated heterocycles. The number of hydrogen-bond acceptors (Lipinski definition) is 0. The standard InChI is InChI=1S/C13H17IN/c1-15(2,12-14)11-7-6-10-13-8-4-3-5-9-13/h3-5,8-9H,7,11-12H2,1-2H3/q+1. The molecule has 80 valence electrons. The topological polar surface area (TPSA) is 0 Å². The molecule has 1 aromatic rings. The zero-order chi connectivity index (χ0) is 11.1. The van der Waals surface area contributed by atoms with E-state index in [0.717, 1.165) is 27.6 Å². The molecule has 0 amide bonds. The third kappa shape index (κ3) is 5.19. The number of benzene rings is 1. The molecule has 2 heteroatoms. The zero-order valence-electron chi connectivity index (χ0n) is 9.33. The Morgan fingerprint density at radius 2 is 1.87 bits per heavy atom. The van der Waals surface area contributed by atoms with E-state index in [-0.39, 0.29) is 0 Å². The van der Waals surface area contributed by atoms with Gasteiger partial charge in [-0.05, 0) is 34.7 Å². The molecule has 1 aromatic carbocycles. The van der Waals surface area contributed by atoms with Crippen LogP contribution in [0.15, 0.2) is 30.3 Å². The highest BCUT2D eigenvalue weighted by atomic mass is 127. The lowest BCUT2D eigenvalue weighted by molar-refractivity contribution is -0.873. The van der Waals surface area contributed by atoms with E-state index in [0.29, 0.717) is 0 Å². The van der Waals surface area contributed by atoms with Crippen molar-refractivity contribution in [2.45, 2.75) is 6.42 Å². The van der Waals surface area contributed by atoms with Gasteiger partial charge in [0, 0.05) is 5.56 Å². The molecule has 0 fully saturated rings. The van der Waals surface area contributed by atoms with Gasteiger partial charge in [0.15, 0.2) is 0 Å². The van der Waals surface area contributed by atoms with Crippen LogP contribution in [-0.2, 0) is 0 Å². The van der Waals surface area contributed by atoms with Gasteiger partial charge in [-0.15, -0.1) is 0 Å². The van der Waals surface area contributed by atoms with Crippen molar-refractivity contribution in [2.75, 3.05) is 25.2 Å². The fourth-order valence-electron chi connectivity index (χ4n) is 1.10. The van der Waals surface area contributed by atoms with Crippen LogP contribution in [0.1, 0.15) is 12.0 Å². The van der Waals surface area contributed by atoms with Crippen molar-refractivity contribution in [1.29, 1.82) is 0 Å². The lowest BCUT2D eigenvalue weighted by Gasteiger charge is -2.25. The number of quaternary nitrogens is 1. The van der Waals surface area contributed by atoms with Crippen LogP contribution in [0.4, 0.5) is 0 Å². The fourth-order valence-corrected chi connectivity index (χ4v) is 1.45. The molecule has 0 bridgehead atoms. The highest BCUT2D eigenvalue weighted by molar-refractivity contribution is 14.1. The third-order valence-corrected chi connectivity index (χ3v) is 4.02. The van der Waals surface area contributed by atoms with Gasteiger partial charge < -0.3 is 4.48 Å². The van der Waals surface area contributed by atoms with Gasteiger partial charge in [-0.1, -0.05) is 30.0 Å². The lowest BCUT2D eigenvalue weighted by Crippen LogP contribution is -2.38. The van der Waals surface area contributed by atoms with Crippen molar-refractivity contribution >= 4 is 22.6 Å². The smallest absolute Gasteiger partial charge is 0.129 e. The molecule has 0 aliphatic heterocycles. The van der Waals surface area contributed by atoms with Crippen molar-refractivity contribution in [2.24, 2.45) is 0 Å². The maximum absolute atomic E-state index is 3.22. The first-order valence-electron chi connectivity index (χ1n) is 5.06. The molecule has 0 unspecified atom stereocenters. The van der Waals surface area contributed by atoms with Gasteiger partial charge in [0.05, 0.1) is 27.1 Å². The van der Waals surface area contributed by atoms with Crippen LogP contribution >= 0.6 is 22.6 Å². The molecule has 0 heterocycles.